The average molecular weight is 414 g/mol. The summed E-state index contributed by atoms with van der Waals surface area (Å²) in [5, 5.41) is 12.5. The maximum absolute atomic E-state index is 12.8. The third-order valence-electron chi connectivity index (χ3n) is 4.78. The second kappa shape index (κ2) is 9.40. The molecule has 3 atom stereocenters. The van der Waals surface area contributed by atoms with E-state index in [2.05, 4.69) is 11.4 Å². The SMILES string of the molecule is COc1ccc(C2N[C@H](C(=O)N3CCC[C@H]3C#N)CS2)c(OC)c1OC.Cl. The van der Waals surface area contributed by atoms with Crippen molar-refractivity contribution >= 4 is 30.1 Å². The van der Waals surface area contributed by atoms with Crippen LogP contribution in [0.15, 0.2) is 12.1 Å². The Hall–Kier alpha value is -1.82. The van der Waals surface area contributed by atoms with E-state index in [4.69, 9.17) is 14.2 Å². The molecule has 3 rings (SSSR count). The van der Waals surface area contributed by atoms with Crippen molar-refractivity contribution in [1.29, 1.82) is 5.26 Å². The Balaban J connectivity index is 0.00000261. The van der Waals surface area contributed by atoms with Gasteiger partial charge in [-0.05, 0) is 25.0 Å². The van der Waals surface area contributed by atoms with Crippen LogP contribution in [0.1, 0.15) is 23.8 Å². The van der Waals surface area contributed by atoms with Gasteiger partial charge in [-0.15, -0.1) is 24.2 Å². The highest BCUT2D eigenvalue weighted by molar-refractivity contribution is 7.99. The Morgan fingerprint density at radius 2 is 2.00 bits per heavy atom. The number of nitrogens with zero attached hydrogens (tertiary/aromatic N) is 2. The van der Waals surface area contributed by atoms with Crippen LogP contribution in [0.2, 0.25) is 0 Å². The number of likely N-dealkylation sites (tertiary alicyclic amines) is 1. The van der Waals surface area contributed by atoms with Crippen LogP contribution in [0, 0.1) is 11.3 Å². The zero-order chi connectivity index (χ0) is 18.7. The monoisotopic (exact) mass is 413 g/mol. The fourth-order valence-corrected chi connectivity index (χ4v) is 4.74. The fourth-order valence-electron chi connectivity index (χ4n) is 3.49. The molecular formula is C18H24ClN3O4S. The van der Waals surface area contributed by atoms with Gasteiger partial charge in [0.15, 0.2) is 11.5 Å². The van der Waals surface area contributed by atoms with Gasteiger partial charge in [-0.25, -0.2) is 0 Å². The summed E-state index contributed by atoms with van der Waals surface area (Å²) >= 11 is 1.64. The van der Waals surface area contributed by atoms with Crippen LogP contribution in [0.25, 0.3) is 0 Å². The summed E-state index contributed by atoms with van der Waals surface area (Å²) in [4.78, 5) is 14.5. The quantitative estimate of drug-likeness (QED) is 0.793. The third-order valence-corrected chi connectivity index (χ3v) is 6.03. The Morgan fingerprint density at radius 1 is 1.26 bits per heavy atom. The predicted octanol–water partition coefficient (Wildman–Crippen LogP) is 2.35. The number of rotatable bonds is 5. The van der Waals surface area contributed by atoms with E-state index in [-0.39, 0.29) is 35.8 Å². The molecule has 0 aliphatic carbocycles. The van der Waals surface area contributed by atoms with E-state index in [1.165, 1.54) is 0 Å². The molecule has 9 heteroatoms. The average Bonchev–Trinajstić information content (AvgIpc) is 3.35. The summed E-state index contributed by atoms with van der Waals surface area (Å²) < 4.78 is 16.3. The van der Waals surface area contributed by atoms with Crippen molar-refractivity contribution in [3.8, 4) is 23.3 Å². The van der Waals surface area contributed by atoms with Crippen LogP contribution in [0.4, 0.5) is 0 Å². The normalized spacial score (nSPS) is 24.1. The largest absolute Gasteiger partial charge is 0.493 e. The summed E-state index contributed by atoms with van der Waals surface area (Å²) in [6.45, 7) is 0.657. The maximum atomic E-state index is 12.8. The van der Waals surface area contributed by atoms with Gasteiger partial charge in [-0.1, -0.05) is 0 Å². The Morgan fingerprint density at radius 3 is 2.63 bits per heavy atom. The highest BCUT2D eigenvalue weighted by Gasteiger charge is 2.38. The second-order valence-corrected chi connectivity index (χ2v) is 7.31. The number of carbonyl (C=O) groups is 1. The van der Waals surface area contributed by atoms with Crippen molar-refractivity contribution in [2.45, 2.75) is 30.3 Å². The molecule has 1 N–H and O–H groups in total. The summed E-state index contributed by atoms with van der Waals surface area (Å²) in [5.74, 6) is 2.38. The first-order valence-electron chi connectivity index (χ1n) is 8.51. The molecule has 2 fully saturated rings. The van der Waals surface area contributed by atoms with Gasteiger partial charge in [0.25, 0.3) is 0 Å². The predicted molar refractivity (Wildman–Crippen MR) is 106 cm³/mol. The van der Waals surface area contributed by atoms with Crippen molar-refractivity contribution in [3.63, 3.8) is 0 Å². The Kier molecular flexibility index (Phi) is 7.48. The minimum Gasteiger partial charge on any atom is -0.493 e. The van der Waals surface area contributed by atoms with E-state index >= 15 is 0 Å². The maximum Gasteiger partial charge on any atom is 0.241 e. The zero-order valence-corrected chi connectivity index (χ0v) is 17.2. The van der Waals surface area contributed by atoms with Gasteiger partial charge in [-0.3, -0.25) is 10.1 Å². The van der Waals surface area contributed by atoms with Crippen molar-refractivity contribution in [2.75, 3.05) is 33.6 Å². The number of nitriles is 1. The highest BCUT2D eigenvalue weighted by atomic mass is 35.5. The van der Waals surface area contributed by atoms with Gasteiger partial charge in [0, 0.05) is 17.9 Å². The number of methoxy groups -OCH3 is 3. The van der Waals surface area contributed by atoms with Crippen LogP contribution in [0.3, 0.4) is 0 Å². The van der Waals surface area contributed by atoms with E-state index in [1.807, 2.05) is 12.1 Å². The molecule has 0 saturated carbocycles. The molecule has 1 unspecified atom stereocenters. The van der Waals surface area contributed by atoms with Crippen LogP contribution >= 0.6 is 24.2 Å². The number of amides is 1. The highest BCUT2D eigenvalue weighted by Crippen LogP contribution is 2.46. The van der Waals surface area contributed by atoms with E-state index in [0.717, 1.165) is 18.4 Å². The molecule has 2 aliphatic rings. The molecule has 148 valence electrons. The lowest BCUT2D eigenvalue weighted by molar-refractivity contribution is -0.132. The van der Waals surface area contributed by atoms with Crippen molar-refractivity contribution in [3.05, 3.63) is 17.7 Å². The number of ether oxygens (including phenoxy) is 3. The van der Waals surface area contributed by atoms with Gasteiger partial charge in [0.05, 0.1) is 38.8 Å². The molecule has 2 heterocycles. The van der Waals surface area contributed by atoms with Crippen LogP contribution in [-0.4, -0.2) is 56.5 Å². The smallest absolute Gasteiger partial charge is 0.241 e. The second-order valence-electron chi connectivity index (χ2n) is 6.17. The number of benzene rings is 1. The van der Waals surface area contributed by atoms with Gasteiger partial charge >= 0.3 is 0 Å². The standard InChI is InChI=1S/C18H23N3O4S.ClH/c1-23-14-7-6-12(15(24-2)16(14)25-3)17-20-13(10-26-17)18(22)21-8-4-5-11(21)9-19;/h6-7,11,13,17,20H,4-5,8,10H2,1-3H3;1H/t11-,13-,17?;/m0./s1. The number of halogens is 1. The topological polar surface area (TPSA) is 83.8 Å². The van der Waals surface area contributed by atoms with Crippen molar-refractivity contribution < 1.29 is 19.0 Å². The van der Waals surface area contributed by atoms with Crippen molar-refractivity contribution in [2.24, 2.45) is 0 Å². The summed E-state index contributed by atoms with van der Waals surface area (Å²) in [6, 6.07) is 5.37. The Labute approximate surface area is 169 Å². The zero-order valence-electron chi connectivity index (χ0n) is 15.6. The molecule has 2 saturated heterocycles. The van der Waals surface area contributed by atoms with E-state index in [0.29, 0.717) is 29.5 Å². The van der Waals surface area contributed by atoms with Crippen LogP contribution in [0.5, 0.6) is 17.2 Å². The number of hydrogen-bond donors (Lipinski definition) is 1. The molecule has 7 nitrogen and oxygen atoms in total. The molecule has 1 aromatic rings. The number of hydrogen-bond acceptors (Lipinski definition) is 7. The molecule has 0 aromatic heterocycles. The van der Waals surface area contributed by atoms with Gasteiger partial charge in [0.2, 0.25) is 11.7 Å². The van der Waals surface area contributed by atoms with Crippen LogP contribution < -0.4 is 19.5 Å². The third kappa shape index (κ3) is 4.05. The minimum atomic E-state index is -0.309. The van der Waals surface area contributed by atoms with Crippen molar-refractivity contribution in [1.82, 2.24) is 10.2 Å². The molecule has 0 radical (unpaired) electrons. The first-order valence-corrected chi connectivity index (χ1v) is 9.56. The van der Waals surface area contributed by atoms with Gasteiger partial charge in [0.1, 0.15) is 6.04 Å². The van der Waals surface area contributed by atoms with E-state index in [9.17, 15) is 10.1 Å². The molecule has 2 aliphatic heterocycles. The lowest BCUT2D eigenvalue weighted by Gasteiger charge is -2.24. The summed E-state index contributed by atoms with van der Waals surface area (Å²) in [7, 11) is 4.74. The first kappa shape index (κ1) is 21.5. The minimum absolute atomic E-state index is 0. The molecule has 1 aromatic carbocycles. The molecule has 0 bridgehead atoms. The van der Waals surface area contributed by atoms with Gasteiger partial charge < -0.3 is 19.1 Å². The summed E-state index contributed by atoms with van der Waals surface area (Å²) in [6.07, 6.45) is 1.64. The van der Waals surface area contributed by atoms with Crippen LogP contribution in [-0.2, 0) is 4.79 Å². The van der Waals surface area contributed by atoms with Gasteiger partial charge in [-0.2, -0.15) is 5.26 Å². The molecule has 1 amide bonds. The molecule has 0 spiro atoms. The summed E-state index contributed by atoms with van der Waals surface area (Å²) in [5.41, 5.74) is 0.906. The number of thioether (sulfide) groups is 1. The lowest BCUT2D eigenvalue weighted by Crippen LogP contribution is -2.46. The van der Waals surface area contributed by atoms with E-state index < -0.39 is 0 Å². The number of carbonyl (C=O) groups excluding carboxylic acids is 1. The number of nitrogens with one attached hydrogen (secondary N) is 1. The fraction of sp³-hybridized carbons (Fsp3) is 0.556. The van der Waals surface area contributed by atoms with E-state index in [1.54, 1.807) is 38.0 Å². The Bertz CT molecular complexity index is 727. The first-order chi connectivity index (χ1) is 12.6. The lowest BCUT2D eigenvalue weighted by atomic mass is 10.1. The molecule has 27 heavy (non-hydrogen) atoms. The molecular weight excluding hydrogens is 390 g/mol.